The largest absolute Gasteiger partial charge is 0.364 e. The van der Waals surface area contributed by atoms with Crippen molar-refractivity contribution in [2.24, 2.45) is 0 Å². The zero-order valence-electron chi connectivity index (χ0n) is 8.57. The van der Waals surface area contributed by atoms with Crippen LogP contribution in [0.3, 0.4) is 0 Å². The second kappa shape index (κ2) is 5.37. The topological polar surface area (TPSA) is 37.8 Å². The van der Waals surface area contributed by atoms with Crippen molar-refractivity contribution in [2.75, 3.05) is 11.6 Å². The Morgan fingerprint density at radius 2 is 2.07 bits per heavy atom. The minimum Gasteiger partial charge on any atom is -0.364 e. The normalized spacial score (nSPS) is 26.5. The lowest BCUT2D eigenvalue weighted by atomic mass is 9.95. The summed E-state index contributed by atoms with van der Waals surface area (Å²) < 4.78 is 8.07. The minimum absolute atomic E-state index is 0.506. The molecule has 3 nitrogen and oxygen atoms in total. The van der Waals surface area contributed by atoms with Gasteiger partial charge in [0.05, 0.1) is 11.7 Å². The minimum atomic E-state index is 0.506. The van der Waals surface area contributed by atoms with Crippen LogP contribution in [0.15, 0.2) is 0 Å². The summed E-state index contributed by atoms with van der Waals surface area (Å²) in [6.07, 6.45) is 7.18. The lowest BCUT2D eigenvalue weighted by Crippen LogP contribution is -2.27. The van der Waals surface area contributed by atoms with Crippen LogP contribution in [0.2, 0.25) is 5.15 Å². The second-order valence-electron chi connectivity index (χ2n) is 3.76. The van der Waals surface area contributed by atoms with Gasteiger partial charge in [-0.25, -0.2) is 0 Å². The van der Waals surface area contributed by atoms with Crippen LogP contribution in [0.1, 0.15) is 25.7 Å². The lowest BCUT2D eigenvalue weighted by Gasteiger charge is -2.27. The molecule has 6 heteroatoms. The molecule has 0 aliphatic heterocycles. The SMILES string of the molecule is CSC1CCC(Nc2nsnc2Cl)CC1. The number of nitrogens with one attached hydrogen (secondary N) is 1. The van der Waals surface area contributed by atoms with Gasteiger partial charge in [-0.05, 0) is 31.9 Å². The van der Waals surface area contributed by atoms with Crippen molar-refractivity contribution >= 4 is 40.9 Å². The molecule has 0 bridgehead atoms. The molecule has 1 aromatic heterocycles. The fourth-order valence-electron chi connectivity index (χ4n) is 1.90. The molecule has 1 fully saturated rings. The molecule has 0 unspecified atom stereocenters. The van der Waals surface area contributed by atoms with Gasteiger partial charge in [-0.1, -0.05) is 11.6 Å². The van der Waals surface area contributed by atoms with Crippen LogP contribution in [0.4, 0.5) is 5.82 Å². The van der Waals surface area contributed by atoms with Gasteiger partial charge in [-0.3, -0.25) is 0 Å². The maximum Gasteiger partial charge on any atom is 0.186 e. The van der Waals surface area contributed by atoms with E-state index in [4.69, 9.17) is 11.6 Å². The summed E-state index contributed by atoms with van der Waals surface area (Å²) in [7, 11) is 0. The highest BCUT2D eigenvalue weighted by molar-refractivity contribution is 7.99. The number of rotatable bonds is 3. The third-order valence-electron chi connectivity index (χ3n) is 2.80. The molecule has 15 heavy (non-hydrogen) atoms. The van der Waals surface area contributed by atoms with E-state index in [9.17, 15) is 0 Å². The molecule has 0 atom stereocenters. The van der Waals surface area contributed by atoms with Crippen LogP contribution >= 0.6 is 35.1 Å². The highest BCUT2D eigenvalue weighted by Crippen LogP contribution is 2.29. The first-order valence-electron chi connectivity index (χ1n) is 5.07. The highest BCUT2D eigenvalue weighted by atomic mass is 35.5. The quantitative estimate of drug-likeness (QED) is 0.908. The summed E-state index contributed by atoms with van der Waals surface area (Å²) >= 11 is 9.03. The van der Waals surface area contributed by atoms with E-state index in [0.717, 1.165) is 22.8 Å². The Balaban J connectivity index is 1.85. The van der Waals surface area contributed by atoms with Gasteiger partial charge in [0.1, 0.15) is 0 Å². The summed E-state index contributed by atoms with van der Waals surface area (Å²) in [6, 6.07) is 0.523. The van der Waals surface area contributed by atoms with E-state index in [0.29, 0.717) is 11.2 Å². The molecule has 0 saturated heterocycles. The van der Waals surface area contributed by atoms with Crippen LogP contribution in [0, 0.1) is 0 Å². The van der Waals surface area contributed by atoms with Crippen LogP contribution in [0.25, 0.3) is 0 Å². The van der Waals surface area contributed by atoms with Crippen LogP contribution in [-0.4, -0.2) is 26.3 Å². The van der Waals surface area contributed by atoms with Gasteiger partial charge in [0.25, 0.3) is 0 Å². The standard InChI is InChI=1S/C9H14ClN3S2/c1-14-7-4-2-6(3-5-7)11-9-8(10)12-15-13-9/h6-7H,2-5H2,1H3,(H,11,13). The zero-order chi connectivity index (χ0) is 10.7. The predicted molar refractivity (Wildman–Crippen MR) is 68.1 cm³/mol. The molecule has 1 aliphatic carbocycles. The summed E-state index contributed by atoms with van der Waals surface area (Å²) in [5, 5.41) is 4.72. The molecular weight excluding hydrogens is 250 g/mol. The Hall–Kier alpha value is -0.0000000000000000555. The Morgan fingerprint density at radius 1 is 1.33 bits per heavy atom. The van der Waals surface area contributed by atoms with Gasteiger partial charge in [0.15, 0.2) is 11.0 Å². The smallest absolute Gasteiger partial charge is 0.186 e. The number of halogens is 1. The molecule has 0 amide bonds. The van der Waals surface area contributed by atoms with E-state index in [1.54, 1.807) is 0 Å². The molecule has 1 heterocycles. The molecule has 0 aromatic carbocycles. The summed E-state index contributed by atoms with van der Waals surface area (Å²) in [5.41, 5.74) is 0. The molecule has 1 aliphatic rings. The molecule has 1 saturated carbocycles. The van der Waals surface area contributed by atoms with Crippen molar-refractivity contribution in [2.45, 2.75) is 37.0 Å². The lowest BCUT2D eigenvalue weighted by molar-refractivity contribution is 0.472. The third kappa shape index (κ3) is 2.98. The Bertz CT molecular complexity index is 310. The van der Waals surface area contributed by atoms with Crippen molar-refractivity contribution in [3.8, 4) is 0 Å². The average molecular weight is 264 g/mol. The highest BCUT2D eigenvalue weighted by Gasteiger charge is 2.21. The fraction of sp³-hybridized carbons (Fsp3) is 0.778. The van der Waals surface area contributed by atoms with Crippen molar-refractivity contribution in [3.63, 3.8) is 0 Å². The first-order chi connectivity index (χ1) is 7.29. The summed E-state index contributed by atoms with van der Waals surface area (Å²) in [6.45, 7) is 0. The van der Waals surface area contributed by atoms with E-state index in [2.05, 4.69) is 20.3 Å². The summed E-state index contributed by atoms with van der Waals surface area (Å²) in [5.74, 6) is 0.759. The maximum absolute atomic E-state index is 5.89. The van der Waals surface area contributed by atoms with Crippen LogP contribution < -0.4 is 5.32 Å². The molecular formula is C9H14ClN3S2. The maximum atomic E-state index is 5.89. The van der Waals surface area contributed by atoms with Crippen LogP contribution in [0.5, 0.6) is 0 Å². The number of hydrogen-bond acceptors (Lipinski definition) is 5. The zero-order valence-corrected chi connectivity index (χ0v) is 11.0. The van der Waals surface area contributed by atoms with Crippen molar-refractivity contribution in [1.82, 2.24) is 8.75 Å². The Labute approximate surface area is 103 Å². The van der Waals surface area contributed by atoms with Gasteiger partial charge in [-0.2, -0.15) is 20.5 Å². The number of anilines is 1. The average Bonchev–Trinajstić information content (AvgIpc) is 2.66. The van der Waals surface area contributed by atoms with E-state index in [-0.39, 0.29) is 0 Å². The monoisotopic (exact) mass is 263 g/mol. The van der Waals surface area contributed by atoms with Crippen molar-refractivity contribution in [1.29, 1.82) is 0 Å². The summed E-state index contributed by atoms with van der Waals surface area (Å²) in [4.78, 5) is 0. The third-order valence-corrected chi connectivity index (χ3v) is 4.83. The van der Waals surface area contributed by atoms with Crippen molar-refractivity contribution < 1.29 is 0 Å². The van der Waals surface area contributed by atoms with E-state index in [1.807, 2.05) is 11.8 Å². The molecule has 0 radical (unpaired) electrons. The number of aromatic nitrogens is 2. The van der Waals surface area contributed by atoms with E-state index in [1.165, 1.54) is 25.7 Å². The van der Waals surface area contributed by atoms with Gasteiger partial charge in [0, 0.05) is 11.3 Å². The Kier molecular flexibility index (Phi) is 4.11. The number of thioether (sulfide) groups is 1. The van der Waals surface area contributed by atoms with Gasteiger partial charge >= 0.3 is 0 Å². The molecule has 1 N–H and O–H groups in total. The molecule has 1 aromatic rings. The molecule has 84 valence electrons. The van der Waals surface area contributed by atoms with Crippen molar-refractivity contribution in [3.05, 3.63) is 5.15 Å². The molecule has 0 spiro atoms. The first kappa shape index (κ1) is 11.5. The number of nitrogens with zero attached hydrogens (tertiary/aromatic N) is 2. The fourth-order valence-corrected chi connectivity index (χ4v) is 3.30. The predicted octanol–water partition coefficient (Wildman–Crippen LogP) is 3.28. The van der Waals surface area contributed by atoms with Gasteiger partial charge in [-0.15, -0.1) is 0 Å². The first-order valence-corrected chi connectivity index (χ1v) is 7.46. The second-order valence-corrected chi connectivity index (χ2v) is 5.78. The molecule has 2 rings (SSSR count). The number of hydrogen-bond donors (Lipinski definition) is 1. The van der Waals surface area contributed by atoms with Crippen LogP contribution in [-0.2, 0) is 0 Å². The van der Waals surface area contributed by atoms with Gasteiger partial charge < -0.3 is 5.32 Å². The van der Waals surface area contributed by atoms with E-state index < -0.39 is 0 Å². The Morgan fingerprint density at radius 3 is 2.60 bits per heavy atom. The van der Waals surface area contributed by atoms with Gasteiger partial charge in [0.2, 0.25) is 0 Å². The van der Waals surface area contributed by atoms with E-state index >= 15 is 0 Å².